The highest BCUT2D eigenvalue weighted by Gasteiger charge is 2.54. The SMILES string of the molecule is O=C(COc1ccccc1)NC1C(=O)N2C(C(=O)O)=C(CO)OCC12. The number of benzene rings is 1. The van der Waals surface area contributed by atoms with Crippen LogP contribution in [0.5, 0.6) is 5.75 Å². The second-order valence-electron chi connectivity index (χ2n) is 5.47. The Kier molecular flexibility index (Phi) is 4.57. The van der Waals surface area contributed by atoms with Crippen LogP contribution >= 0.6 is 0 Å². The van der Waals surface area contributed by atoms with Gasteiger partial charge in [-0.1, -0.05) is 18.2 Å². The van der Waals surface area contributed by atoms with E-state index in [2.05, 4.69) is 5.32 Å². The second-order valence-corrected chi connectivity index (χ2v) is 5.47. The third kappa shape index (κ3) is 3.13. The molecule has 1 fully saturated rings. The minimum Gasteiger partial charge on any atom is -0.491 e. The first-order valence-electron chi connectivity index (χ1n) is 7.53. The zero-order valence-corrected chi connectivity index (χ0v) is 13.0. The molecule has 0 spiro atoms. The largest absolute Gasteiger partial charge is 0.491 e. The Morgan fingerprint density at radius 3 is 2.68 bits per heavy atom. The van der Waals surface area contributed by atoms with Gasteiger partial charge in [0.2, 0.25) is 0 Å². The highest BCUT2D eigenvalue weighted by Crippen LogP contribution is 2.32. The van der Waals surface area contributed by atoms with Gasteiger partial charge in [-0.15, -0.1) is 0 Å². The van der Waals surface area contributed by atoms with Crippen LogP contribution in [0.1, 0.15) is 0 Å². The number of aliphatic carboxylic acids is 1. The first kappa shape index (κ1) is 16.8. The summed E-state index contributed by atoms with van der Waals surface area (Å²) in [5.74, 6) is -2.10. The Morgan fingerprint density at radius 2 is 2.04 bits per heavy atom. The van der Waals surface area contributed by atoms with Crippen LogP contribution in [0.2, 0.25) is 0 Å². The number of β-lactam (4-membered cyclic amide) rings is 1. The smallest absolute Gasteiger partial charge is 0.356 e. The lowest BCUT2D eigenvalue weighted by molar-refractivity contribution is -0.161. The lowest BCUT2D eigenvalue weighted by Gasteiger charge is -2.49. The standard InChI is InChI=1S/C16H16N2O7/c19-6-11-14(16(22)23)18-10(7-25-11)13(15(18)21)17-12(20)8-24-9-4-2-1-3-5-9/h1-5,10,13,19H,6-8H2,(H,17,20)(H,22,23). The molecule has 25 heavy (non-hydrogen) atoms. The fourth-order valence-corrected chi connectivity index (χ4v) is 2.76. The summed E-state index contributed by atoms with van der Waals surface area (Å²) in [6, 6.07) is 7.21. The van der Waals surface area contributed by atoms with Gasteiger partial charge in [0.25, 0.3) is 11.8 Å². The summed E-state index contributed by atoms with van der Waals surface area (Å²) in [5, 5.41) is 20.9. The molecule has 1 aromatic rings. The highest BCUT2D eigenvalue weighted by atomic mass is 16.5. The number of amides is 2. The van der Waals surface area contributed by atoms with Gasteiger partial charge in [0.05, 0.1) is 0 Å². The molecule has 0 aromatic heterocycles. The number of rotatable bonds is 6. The molecule has 0 aliphatic carbocycles. The molecule has 2 heterocycles. The number of carboxylic acid groups (broad SMARTS) is 1. The van der Waals surface area contributed by atoms with E-state index in [9.17, 15) is 19.5 Å². The van der Waals surface area contributed by atoms with Crippen molar-refractivity contribution < 1.29 is 34.1 Å². The summed E-state index contributed by atoms with van der Waals surface area (Å²) >= 11 is 0. The van der Waals surface area contributed by atoms with E-state index in [0.29, 0.717) is 5.75 Å². The van der Waals surface area contributed by atoms with Crippen LogP contribution in [-0.2, 0) is 19.1 Å². The molecule has 2 atom stereocenters. The molecule has 3 N–H and O–H groups in total. The Balaban J connectivity index is 1.61. The van der Waals surface area contributed by atoms with E-state index in [-0.39, 0.29) is 19.0 Å². The molecule has 1 aromatic carbocycles. The maximum Gasteiger partial charge on any atom is 0.356 e. The van der Waals surface area contributed by atoms with Crippen molar-refractivity contribution in [2.75, 3.05) is 19.8 Å². The Morgan fingerprint density at radius 1 is 1.32 bits per heavy atom. The molecule has 9 nitrogen and oxygen atoms in total. The first-order chi connectivity index (χ1) is 12.0. The monoisotopic (exact) mass is 348 g/mol. The molecule has 0 saturated carbocycles. The van der Waals surface area contributed by atoms with Crippen molar-refractivity contribution >= 4 is 17.8 Å². The minimum absolute atomic E-state index is 0.0110. The second kappa shape index (κ2) is 6.81. The van der Waals surface area contributed by atoms with E-state index in [4.69, 9.17) is 14.6 Å². The number of aliphatic hydroxyl groups excluding tert-OH is 1. The van der Waals surface area contributed by atoms with E-state index >= 15 is 0 Å². The zero-order chi connectivity index (χ0) is 18.0. The number of carbonyl (C=O) groups is 3. The molecular formula is C16H16N2O7. The molecule has 9 heteroatoms. The van der Waals surface area contributed by atoms with Crippen molar-refractivity contribution in [3.63, 3.8) is 0 Å². The number of aliphatic hydroxyl groups is 1. The highest BCUT2D eigenvalue weighted by molar-refractivity contribution is 6.01. The van der Waals surface area contributed by atoms with Crippen molar-refractivity contribution in [3.05, 3.63) is 41.8 Å². The summed E-state index contributed by atoms with van der Waals surface area (Å²) in [6.45, 7) is -0.909. The normalized spacial score (nSPS) is 21.8. The van der Waals surface area contributed by atoms with Crippen molar-refractivity contribution in [1.29, 1.82) is 0 Å². The van der Waals surface area contributed by atoms with Gasteiger partial charge < -0.3 is 25.0 Å². The Hall–Kier alpha value is -3.07. The van der Waals surface area contributed by atoms with Gasteiger partial charge in [0, 0.05) is 0 Å². The van der Waals surface area contributed by atoms with E-state index in [1.165, 1.54) is 0 Å². The molecule has 2 amide bonds. The lowest BCUT2D eigenvalue weighted by atomic mass is 9.92. The molecule has 2 aliphatic rings. The third-order valence-corrected chi connectivity index (χ3v) is 3.93. The molecule has 2 unspecified atom stereocenters. The average Bonchev–Trinajstić information content (AvgIpc) is 2.63. The van der Waals surface area contributed by atoms with Crippen LogP contribution < -0.4 is 10.1 Å². The van der Waals surface area contributed by atoms with Crippen molar-refractivity contribution in [3.8, 4) is 5.75 Å². The number of nitrogens with zero attached hydrogens (tertiary/aromatic N) is 1. The summed E-state index contributed by atoms with van der Waals surface area (Å²) in [7, 11) is 0. The van der Waals surface area contributed by atoms with Crippen LogP contribution in [-0.4, -0.2) is 64.8 Å². The zero-order valence-electron chi connectivity index (χ0n) is 13.0. The summed E-state index contributed by atoms with van der Waals surface area (Å²) in [6.07, 6.45) is 0. The predicted octanol–water partition coefficient (Wildman–Crippen LogP) is -0.920. The molecule has 0 bridgehead atoms. The molecule has 0 radical (unpaired) electrons. The number of para-hydroxylation sites is 1. The van der Waals surface area contributed by atoms with Gasteiger partial charge in [0.15, 0.2) is 18.1 Å². The molecule has 1 saturated heterocycles. The summed E-state index contributed by atoms with van der Waals surface area (Å²) < 4.78 is 10.5. The molecular weight excluding hydrogens is 332 g/mol. The van der Waals surface area contributed by atoms with Gasteiger partial charge >= 0.3 is 5.97 Å². The molecule has 2 aliphatic heterocycles. The number of fused-ring (bicyclic) bond motifs is 1. The number of ether oxygens (including phenoxy) is 2. The average molecular weight is 348 g/mol. The van der Waals surface area contributed by atoms with Crippen LogP contribution in [0.25, 0.3) is 0 Å². The van der Waals surface area contributed by atoms with Crippen LogP contribution in [0, 0.1) is 0 Å². The van der Waals surface area contributed by atoms with Crippen molar-refractivity contribution in [2.45, 2.75) is 12.1 Å². The van der Waals surface area contributed by atoms with Gasteiger partial charge in [-0.05, 0) is 12.1 Å². The number of carbonyl (C=O) groups excluding carboxylic acids is 2. The maximum absolute atomic E-state index is 12.2. The number of hydrogen-bond acceptors (Lipinski definition) is 6. The van der Waals surface area contributed by atoms with E-state index in [0.717, 1.165) is 4.90 Å². The third-order valence-electron chi connectivity index (χ3n) is 3.93. The van der Waals surface area contributed by atoms with E-state index < -0.39 is 42.2 Å². The van der Waals surface area contributed by atoms with Gasteiger partial charge in [-0.25, -0.2) is 4.79 Å². The quantitative estimate of drug-likeness (QED) is 0.568. The number of carboxylic acids is 1. The van der Waals surface area contributed by atoms with Crippen LogP contribution in [0.15, 0.2) is 41.8 Å². The minimum atomic E-state index is -1.38. The van der Waals surface area contributed by atoms with Crippen molar-refractivity contribution in [1.82, 2.24) is 10.2 Å². The number of nitrogens with one attached hydrogen (secondary N) is 1. The fourth-order valence-electron chi connectivity index (χ4n) is 2.76. The predicted molar refractivity (Wildman–Crippen MR) is 82.2 cm³/mol. The fraction of sp³-hybridized carbons (Fsp3) is 0.312. The van der Waals surface area contributed by atoms with Crippen molar-refractivity contribution in [2.24, 2.45) is 0 Å². The van der Waals surface area contributed by atoms with Gasteiger partial charge in [-0.3, -0.25) is 14.5 Å². The maximum atomic E-state index is 12.2. The van der Waals surface area contributed by atoms with Gasteiger partial charge in [-0.2, -0.15) is 0 Å². The lowest BCUT2D eigenvalue weighted by Crippen LogP contribution is -2.73. The van der Waals surface area contributed by atoms with Gasteiger partial charge in [0.1, 0.15) is 31.0 Å². The molecule has 132 valence electrons. The summed E-state index contributed by atoms with van der Waals surface area (Å²) in [5.41, 5.74) is -0.394. The topological polar surface area (TPSA) is 125 Å². The van der Waals surface area contributed by atoms with E-state index in [1.54, 1.807) is 24.3 Å². The Bertz CT molecular complexity index is 731. The Labute approximate surface area is 142 Å². The summed E-state index contributed by atoms with van der Waals surface area (Å²) in [4.78, 5) is 36.5. The number of hydrogen-bond donors (Lipinski definition) is 3. The van der Waals surface area contributed by atoms with Crippen LogP contribution in [0.3, 0.4) is 0 Å². The first-order valence-corrected chi connectivity index (χ1v) is 7.53. The van der Waals surface area contributed by atoms with Crippen LogP contribution in [0.4, 0.5) is 0 Å². The van der Waals surface area contributed by atoms with E-state index in [1.807, 2.05) is 6.07 Å². The molecule has 3 rings (SSSR count).